The molecule has 15 nitrogen and oxygen atoms in total. The van der Waals surface area contributed by atoms with E-state index in [0.717, 1.165) is 63.3 Å². The van der Waals surface area contributed by atoms with Crippen LogP contribution in [0.2, 0.25) is 0 Å². The summed E-state index contributed by atoms with van der Waals surface area (Å²) in [5.41, 5.74) is 10.1. The molecule has 5 N–H and O–H groups in total. The minimum Gasteiger partial charge on any atom is -0.443 e. The Labute approximate surface area is 453 Å². The number of nitrogens with one attached hydrogen (secondary N) is 3. The van der Waals surface area contributed by atoms with Gasteiger partial charge in [-0.3, -0.25) is 24.3 Å². The number of carbonyl (C=O) groups is 3. The summed E-state index contributed by atoms with van der Waals surface area (Å²) in [7, 11) is 6.11. The lowest BCUT2D eigenvalue weighted by Crippen LogP contribution is -2.31. The van der Waals surface area contributed by atoms with Crippen molar-refractivity contribution in [1.29, 1.82) is 0 Å². The Bertz CT molecular complexity index is 2380. The van der Waals surface area contributed by atoms with Gasteiger partial charge in [0.15, 0.2) is 7.05 Å². The van der Waals surface area contributed by atoms with E-state index in [4.69, 9.17) is 38.1 Å². The second-order valence-electron chi connectivity index (χ2n) is 16.6. The van der Waals surface area contributed by atoms with Gasteiger partial charge in [-0.05, 0) is 119 Å². The van der Waals surface area contributed by atoms with E-state index < -0.39 is 10.5 Å². The second-order valence-corrected chi connectivity index (χ2v) is 17.0. The Kier molecular flexibility index (Phi) is 39.8. The van der Waals surface area contributed by atoms with Crippen molar-refractivity contribution in [3.63, 3.8) is 0 Å². The average Bonchev–Trinajstić information content (AvgIpc) is 4.20. The third-order valence-corrected chi connectivity index (χ3v) is 10.4. The SMILES string of the molecule is C.C.C.C.CC(C)(C)OC(=O)n1ccc2ccccc21.CN.CN1CCCCC1=O.CN1CCCCC1=O.C[N+](=O)[O-].ClCOCCl.[HH].c1ccc2[nH]ccc2c1.c1ccc2[nH]ccc2c1.c1ccc2c(c1)CCN2. The van der Waals surface area contributed by atoms with Gasteiger partial charge in [-0.25, -0.2) is 4.79 Å². The van der Waals surface area contributed by atoms with E-state index >= 15 is 0 Å². The van der Waals surface area contributed by atoms with Crippen molar-refractivity contribution >= 4 is 79.5 Å². The molecule has 7 aromatic rings. The Balaban J connectivity index is -0.000000389. The number of nitrogens with zero attached hydrogens (tertiary/aromatic N) is 4. The van der Waals surface area contributed by atoms with Gasteiger partial charge in [-0.1, -0.05) is 126 Å². The Morgan fingerprint density at radius 2 is 1.11 bits per heavy atom. The molecule has 6 heterocycles. The van der Waals surface area contributed by atoms with E-state index in [0.29, 0.717) is 11.8 Å². The first-order valence-corrected chi connectivity index (χ1v) is 24.2. The van der Waals surface area contributed by atoms with Gasteiger partial charge in [0.05, 0.1) is 5.52 Å². The van der Waals surface area contributed by atoms with Gasteiger partial charge >= 0.3 is 6.09 Å². The summed E-state index contributed by atoms with van der Waals surface area (Å²) in [6.45, 7) is 8.60. The largest absolute Gasteiger partial charge is 0.443 e. The lowest BCUT2D eigenvalue weighted by Gasteiger charge is -2.21. The number of halogens is 2. The van der Waals surface area contributed by atoms with Crippen molar-refractivity contribution < 1.29 is 30.2 Å². The number of piperidine rings is 2. The molecule has 0 spiro atoms. The number of rotatable bonds is 2. The molecule has 2 saturated heterocycles. The molecule has 74 heavy (non-hydrogen) atoms. The summed E-state index contributed by atoms with van der Waals surface area (Å²) in [6.07, 6.45) is 12.5. The Morgan fingerprint density at radius 1 is 0.676 bits per heavy atom. The minimum atomic E-state index is -0.500. The quantitative estimate of drug-likeness (QED) is 0.0740. The third kappa shape index (κ3) is 28.7. The molecule has 0 radical (unpaired) electrons. The fourth-order valence-electron chi connectivity index (χ4n) is 6.70. The topological polar surface area (TPSA) is 194 Å². The highest BCUT2D eigenvalue weighted by Gasteiger charge is 2.19. The van der Waals surface area contributed by atoms with Gasteiger partial charge in [0, 0.05) is 93.6 Å². The monoisotopic (exact) mass is 1070 g/mol. The normalized spacial score (nSPS) is 12.5. The molecular weight excluding hydrogens is 980 g/mol. The molecule has 414 valence electrons. The average molecular weight is 1070 g/mol. The molecule has 0 saturated carbocycles. The lowest BCUT2D eigenvalue weighted by atomic mass is 10.1. The summed E-state index contributed by atoms with van der Waals surface area (Å²) in [5.74, 6) is 0.604. The molecule has 3 aliphatic heterocycles. The number of ether oxygens (including phenoxy) is 2. The molecule has 3 aliphatic rings. The van der Waals surface area contributed by atoms with Gasteiger partial charge in [0.25, 0.3) is 0 Å². The number of para-hydroxylation sites is 4. The van der Waals surface area contributed by atoms with E-state index in [9.17, 15) is 14.4 Å². The predicted molar refractivity (Wildman–Crippen MR) is 316 cm³/mol. The number of likely N-dealkylation sites (tertiary alicyclic amines) is 2. The van der Waals surface area contributed by atoms with E-state index in [1.165, 1.54) is 63.9 Å². The third-order valence-electron chi connectivity index (χ3n) is 10.1. The number of aromatic amines is 2. The molecule has 0 aliphatic carbocycles. The van der Waals surface area contributed by atoms with Crippen LogP contribution in [-0.4, -0.2) is 113 Å². The number of alkyl halides is 2. The molecule has 0 bridgehead atoms. The van der Waals surface area contributed by atoms with Crippen molar-refractivity contribution in [3.8, 4) is 0 Å². The highest BCUT2D eigenvalue weighted by atomic mass is 35.5. The van der Waals surface area contributed by atoms with Gasteiger partial charge in [-0.2, -0.15) is 0 Å². The van der Waals surface area contributed by atoms with Gasteiger partial charge in [-0.15, -0.1) is 0 Å². The minimum absolute atomic E-state index is 0. The van der Waals surface area contributed by atoms with Crippen LogP contribution in [0.4, 0.5) is 10.5 Å². The van der Waals surface area contributed by atoms with Crippen molar-refractivity contribution in [1.82, 2.24) is 24.3 Å². The van der Waals surface area contributed by atoms with Crippen LogP contribution in [0.5, 0.6) is 0 Å². The number of nitro groups is 1. The number of anilines is 1. The summed E-state index contributed by atoms with van der Waals surface area (Å²) < 4.78 is 11.2. The van der Waals surface area contributed by atoms with E-state index in [-0.39, 0.29) is 49.4 Å². The molecule has 10 rings (SSSR count). The summed E-state index contributed by atoms with van der Waals surface area (Å²) in [6, 6.07) is 39.0. The first-order valence-electron chi connectivity index (χ1n) is 23.1. The first-order chi connectivity index (χ1) is 33.6. The number of carbonyl (C=O) groups excluding carboxylic acids is 3. The fraction of sp³-hybridized carbons (Fsp3) is 0.421. The summed E-state index contributed by atoms with van der Waals surface area (Å²) >= 11 is 9.99. The zero-order chi connectivity index (χ0) is 51.7. The second kappa shape index (κ2) is 41.0. The van der Waals surface area contributed by atoms with Gasteiger partial charge in [0.2, 0.25) is 11.8 Å². The smallest absolute Gasteiger partial charge is 0.418 e. The molecular formula is C57H90Cl2N8O7. The molecule has 17 heteroatoms. The fourth-order valence-corrected chi connectivity index (χ4v) is 6.93. The van der Waals surface area contributed by atoms with Crippen LogP contribution in [-0.2, 0) is 25.5 Å². The maximum atomic E-state index is 11.9. The van der Waals surface area contributed by atoms with Crippen molar-refractivity contribution in [2.45, 2.75) is 101 Å². The van der Waals surface area contributed by atoms with Crippen LogP contribution < -0.4 is 11.1 Å². The van der Waals surface area contributed by atoms with Crippen molar-refractivity contribution in [2.75, 3.05) is 65.3 Å². The molecule has 4 aromatic carbocycles. The van der Waals surface area contributed by atoms with E-state index in [1.807, 2.05) is 102 Å². The molecule has 0 atom stereocenters. The van der Waals surface area contributed by atoms with Crippen LogP contribution >= 0.6 is 23.2 Å². The number of fused-ring (bicyclic) bond motifs is 4. The predicted octanol–water partition coefficient (Wildman–Crippen LogP) is 14.3. The highest BCUT2D eigenvalue weighted by Crippen LogP contribution is 2.20. The number of aromatic nitrogens is 3. The lowest BCUT2D eigenvalue weighted by molar-refractivity contribution is -0.445. The van der Waals surface area contributed by atoms with Crippen LogP contribution in [0.15, 0.2) is 134 Å². The van der Waals surface area contributed by atoms with E-state index in [2.05, 4.69) is 86.4 Å². The van der Waals surface area contributed by atoms with Crippen LogP contribution in [0, 0.1) is 10.1 Å². The number of hydrogen-bond acceptors (Lipinski definition) is 9. The number of benzene rings is 4. The van der Waals surface area contributed by atoms with Crippen molar-refractivity contribution in [2.24, 2.45) is 5.73 Å². The summed E-state index contributed by atoms with van der Waals surface area (Å²) in [5, 5.41) is 15.7. The maximum Gasteiger partial charge on any atom is 0.418 e. The van der Waals surface area contributed by atoms with Gasteiger partial charge in [0.1, 0.15) is 17.7 Å². The maximum absolute atomic E-state index is 11.9. The molecule has 0 unspecified atom stereocenters. The zero-order valence-electron chi connectivity index (χ0n) is 41.7. The molecule has 2 fully saturated rings. The van der Waals surface area contributed by atoms with Gasteiger partial charge < -0.3 is 40.3 Å². The highest BCUT2D eigenvalue weighted by molar-refractivity contribution is 6.18. The number of nitrogens with two attached hydrogens (primary N) is 1. The number of H-pyrrole nitrogens is 2. The van der Waals surface area contributed by atoms with E-state index in [1.54, 1.807) is 16.0 Å². The Morgan fingerprint density at radius 3 is 1.50 bits per heavy atom. The number of amides is 2. The standard InChI is InChI=1S/C13H15NO2.C8H9N.2C8H7N.2C6H11NO.C2H4Cl2O.CH3NO2.CH5N.4CH4.H2/c1-13(2,3)16-12(15)14-9-8-10-6-4-5-7-11(10)14;3*1-2-4-8-7(3-1)5-6-9-8;2*1-7-5-3-2-4-6(7)8;3-1-5-2-4;1-2(3)4;1-2;;;;;/h4-9H,1-3H3;1-4,9H,5-6H2;2*1-6,9H;2*2-5H2,1H3;1-2H2;1H3;2H2,1H3;4*1H4;1H. The number of hydrogen-bond donors (Lipinski definition) is 4. The zero-order valence-corrected chi connectivity index (χ0v) is 43.2. The summed E-state index contributed by atoms with van der Waals surface area (Å²) in [4.78, 5) is 51.5. The molecule has 2 amide bonds. The first kappa shape index (κ1) is 71.9. The van der Waals surface area contributed by atoms with Crippen LogP contribution in [0.1, 0.15) is 96.0 Å². The Hall–Kier alpha value is -6.39. The molecule has 3 aromatic heterocycles. The van der Waals surface area contributed by atoms with Crippen molar-refractivity contribution in [3.05, 3.63) is 150 Å². The van der Waals surface area contributed by atoms with Crippen LogP contribution in [0.3, 0.4) is 0 Å². The van der Waals surface area contributed by atoms with Crippen LogP contribution in [0.25, 0.3) is 32.7 Å².